The molecule has 3 rings (SSSR count). The molecule has 0 bridgehead atoms. The molecule has 0 saturated carbocycles. The highest BCUT2D eigenvalue weighted by atomic mass is 35.5. The number of nitrogens with zero attached hydrogens (tertiary/aromatic N) is 3. The topological polar surface area (TPSA) is 72.4 Å². The van der Waals surface area contributed by atoms with E-state index in [1.165, 1.54) is 0 Å². The van der Waals surface area contributed by atoms with Crippen LogP contribution < -0.4 is 0 Å². The molecule has 7 heteroatoms. The number of aromatic nitrogens is 2. The smallest absolute Gasteiger partial charge is 0.290 e. The first-order chi connectivity index (χ1) is 10.1. The number of carbonyl (C=O) groups excluding carboxylic acids is 1. The Hall–Kier alpha value is -1.82. The summed E-state index contributed by atoms with van der Waals surface area (Å²) in [5.41, 5.74) is 0. The summed E-state index contributed by atoms with van der Waals surface area (Å²) in [5.74, 6) is 1.35. The third kappa shape index (κ3) is 2.68. The molecular formula is C14H16ClN3O3. The van der Waals surface area contributed by atoms with Gasteiger partial charge in [0.15, 0.2) is 16.8 Å². The van der Waals surface area contributed by atoms with Crippen LogP contribution in [0.1, 0.15) is 60.9 Å². The average Bonchev–Trinajstić information content (AvgIpc) is 3.17. The van der Waals surface area contributed by atoms with Crippen molar-refractivity contribution in [1.82, 2.24) is 15.0 Å². The summed E-state index contributed by atoms with van der Waals surface area (Å²) in [6.07, 6.45) is 1.72. The van der Waals surface area contributed by atoms with Crippen molar-refractivity contribution in [3.63, 3.8) is 0 Å². The van der Waals surface area contributed by atoms with Gasteiger partial charge < -0.3 is 13.8 Å². The summed E-state index contributed by atoms with van der Waals surface area (Å²) < 4.78 is 10.4. The maximum absolute atomic E-state index is 12.5. The lowest BCUT2D eigenvalue weighted by molar-refractivity contribution is 0.0696. The second-order valence-electron chi connectivity index (χ2n) is 5.41. The fraction of sp³-hybridized carbons (Fsp3) is 0.500. The predicted octanol–water partition coefficient (Wildman–Crippen LogP) is 3.42. The molecule has 1 fully saturated rings. The summed E-state index contributed by atoms with van der Waals surface area (Å²) in [6, 6.07) is 2.97. The zero-order valence-electron chi connectivity index (χ0n) is 11.9. The van der Waals surface area contributed by atoms with Crippen LogP contribution in [-0.2, 0) is 0 Å². The first-order valence-electron chi connectivity index (χ1n) is 6.96. The highest BCUT2D eigenvalue weighted by Gasteiger charge is 2.35. The lowest BCUT2D eigenvalue weighted by Crippen LogP contribution is -2.30. The molecule has 0 aliphatic carbocycles. The first-order valence-corrected chi connectivity index (χ1v) is 7.34. The summed E-state index contributed by atoms with van der Waals surface area (Å²) in [7, 11) is 0. The number of carbonyl (C=O) groups is 1. The van der Waals surface area contributed by atoms with E-state index in [1.54, 1.807) is 17.0 Å². The molecule has 2 aromatic rings. The minimum absolute atomic E-state index is 0.167. The molecule has 21 heavy (non-hydrogen) atoms. The maximum Gasteiger partial charge on any atom is 0.290 e. The van der Waals surface area contributed by atoms with Crippen molar-refractivity contribution in [2.45, 2.75) is 38.6 Å². The number of furan rings is 1. The molecule has 1 atom stereocenters. The first kappa shape index (κ1) is 14.1. The second kappa shape index (κ2) is 5.52. The van der Waals surface area contributed by atoms with Crippen LogP contribution in [0.3, 0.4) is 0 Å². The van der Waals surface area contributed by atoms with E-state index in [1.807, 2.05) is 13.8 Å². The van der Waals surface area contributed by atoms with Gasteiger partial charge in [0.25, 0.3) is 5.91 Å². The fourth-order valence-corrected chi connectivity index (χ4v) is 2.61. The lowest BCUT2D eigenvalue weighted by Gasteiger charge is -2.20. The van der Waals surface area contributed by atoms with Crippen LogP contribution in [0.4, 0.5) is 0 Å². The predicted molar refractivity (Wildman–Crippen MR) is 75.1 cm³/mol. The maximum atomic E-state index is 12.5. The van der Waals surface area contributed by atoms with Gasteiger partial charge in [0.2, 0.25) is 5.89 Å². The van der Waals surface area contributed by atoms with E-state index < -0.39 is 0 Å². The Morgan fingerprint density at radius 3 is 2.90 bits per heavy atom. The van der Waals surface area contributed by atoms with Gasteiger partial charge in [-0.2, -0.15) is 4.98 Å². The largest absolute Gasteiger partial charge is 0.440 e. The SMILES string of the molecule is CC(C)c1nc(C2CCCN2C(=O)c2ccc(Cl)o2)no1. The minimum Gasteiger partial charge on any atom is -0.440 e. The molecule has 6 nitrogen and oxygen atoms in total. The summed E-state index contributed by atoms with van der Waals surface area (Å²) >= 11 is 5.73. The van der Waals surface area contributed by atoms with Gasteiger partial charge in [-0.1, -0.05) is 19.0 Å². The number of rotatable bonds is 3. The fourth-order valence-electron chi connectivity index (χ4n) is 2.47. The molecule has 0 radical (unpaired) electrons. The Balaban J connectivity index is 1.83. The highest BCUT2D eigenvalue weighted by molar-refractivity contribution is 6.29. The van der Waals surface area contributed by atoms with Gasteiger partial charge in [-0.25, -0.2) is 0 Å². The van der Waals surface area contributed by atoms with E-state index >= 15 is 0 Å². The van der Waals surface area contributed by atoms with Gasteiger partial charge in [-0.15, -0.1) is 0 Å². The molecule has 2 aromatic heterocycles. The van der Waals surface area contributed by atoms with Gasteiger partial charge in [0.1, 0.15) is 0 Å². The quantitative estimate of drug-likeness (QED) is 0.868. The highest BCUT2D eigenvalue weighted by Crippen LogP contribution is 2.32. The van der Waals surface area contributed by atoms with Crippen molar-refractivity contribution in [2.24, 2.45) is 0 Å². The Morgan fingerprint density at radius 1 is 1.48 bits per heavy atom. The Labute approximate surface area is 127 Å². The molecule has 0 spiro atoms. The van der Waals surface area contributed by atoms with Crippen molar-refractivity contribution in [1.29, 1.82) is 0 Å². The minimum atomic E-state index is -0.194. The molecule has 1 saturated heterocycles. The standard InChI is InChI=1S/C14H16ClN3O3/c1-8(2)13-16-12(17-21-13)9-4-3-7-18(9)14(19)10-5-6-11(15)20-10/h5-6,8-9H,3-4,7H2,1-2H3. The van der Waals surface area contributed by atoms with Crippen LogP contribution in [0, 0.1) is 0 Å². The molecule has 112 valence electrons. The molecule has 0 N–H and O–H groups in total. The van der Waals surface area contributed by atoms with E-state index in [0.717, 1.165) is 12.8 Å². The zero-order valence-corrected chi connectivity index (χ0v) is 12.6. The van der Waals surface area contributed by atoms with Crippen LogP contribution in [0.5, 0.6) is 0 Å². The lowest BCUT2D eigenvalue weighted by atomic mass is 10.2. The number of halogens is 1. The van der Waals surface area contributed by atoms with E-state index in [4.69, 9.17) is 20.5 Å². The monoisotopic (exact) mass is 309 g/mol. The van der Waals surface area contributed by atoms with Crippen LogP contribution >= 0.6 is 11.6 Å². The molecular weight excluding hydrogens is 294 g/mol. The summed E-state index contributed by atoms with van der Waals surface area (Å²) in [6.45, 7) is 4.62. The van der Waals surface area contributed by atoms with Crippen LogP contribution in [-0.4, -0.2) is 27.5 Å². The average molecular weight is 310 g/mol. The molecule has 1 aliphatic heterocycles. The molecule has 1 unspecified atom stereocenters. The summed E-state index contributed by atoms with van der Waals surface area (Å²) in [5, 5.41) is 4.22. The number of hydrogen-bond donors (Lipinski definition) is 0. The zero-order chi connectivity index (χ0) is 15.0. The van der Waals surface area contributed by atoms with Gasteiger partial charge in [0, 0.05) is 12.5 Å². The van der Waals surface area contributed by atoms with Crippen molar-refractivity contribution in [3.8, 4) is 0 Å². The molecule has 1 amide bonds. The van der Waals surface area contributed by atoms with Gasteiger partial charge in [-0.05, 0) is 36.6 Å². The number of likely N-dealkylation sites (tertiary alicyclic amines) is 1. The van der Waals surface area contributed by atoms with Crippen molar-refractivity contribution in [2.75, 3.05) is 6.54 Å². The van der Waals surface area contributed by atoms with Crippen LogP contribution in [0.15, 0.2) is 21.1 Å². The van der Waals surface area contributed by atoms with Crippen molar-refractivity contribution >= 4 is 17.5 Å². The van der Waals surface area contributed by atoms with E-state index in [0.29, 0.717) is 18.3 Å². The molecule has 0 aromatic carbocycles. The molecule has 1 aliphatic rings. The number of amides is 1. The number of hydrogen-bond acceptors (Lipinski definition) is 5. The third-order valence-electron chi connectivity index (χ3n) is 3.55. The van der Waals surface area contributed by atoms with Crippen LogP contribution in [0.2, 0.25) is 5.22 Å². The van der Waals surface area contributed by atoms with Crippen molar-refractivity contribution < 1.29 is 13.7 Å². The van der Waals surface area contributed by atoms with Gasteiger partial charge in [0.05, 0.1) is 6.04 Å². The Kier molecular flexibility index (Phi) is 3.71. The normalized spacial score (nSPS) is 18.7. The Bertz CT molecular complexity index is 649. The van der Waals surface area contributed by atoms with Crippen LogP contribution in [0.25, 0.3) is 0 Å². The van der Waals surface area contributed by atoms with Gasteiger partial charge in [-0.3, -0.25) is 4.79 Å². The third-order valence-corrected chi connectivity index (χ3v) is 3.75. The van der Waals surface area contributed by atoms with Gasteiger partial charge >= 0.3 is 0 Å². The van der Waals surface area contributed by atoms with E-state index in [-0.39, 0.29) is 28.8 Å². The summed E-state index contributed by atoms with van der Waals surface area (Å²) in [4.78, 5) is 18.6. The Morgan fingerprint density at radius 2 is 2.29 bits per heavy atom. The second-order valence-corrected chi connectivity index (χ2v) is 5.78. The van der Waals surface area contributed by atoms with Crippen molar-refractivity contribution in [3.05, 3.63) is 34.8 Å². The van der Waals surface area contributed by atoms with E-state index in [2.05, 4.69) is 10.1 Å². The van der Waals surface area contributed by atoms with E-state index in [9.17, 15) is 4.79 Å². The molecule has 3 heterocycles.